The molecule has 6 nitrogen and oxygen atoms in total. The van der Waals surface area contributed by atoms with Crippen LogP contribution in [0.2, 0.25) is 0 Å². The van der Waals surface area contributed by atoms with Crippen molar-refractivity contribution in [2.45, 2.75) is 38.0 Å². The Hall–Kier alpha value is -1.90. The second kappa shape index (κ2) is 9.94. The highest BCUT2D eigenvalue weighted by Crippen LogP contribution is 2.27. The van der Waals surface area contributed by atoms with Gasteiger partial charge in [-0.2, -0.15) is 4.31 Å². The van der Waals surface area contributed by atoms with Crippen molar-refractivity contribution in [3.05, 3.63) is 52.5 Å². The van der Waals surface area contributed by atoms with Gasteiger partial charge in [-0.1, -0.05) is 13.8 Å². The lowest BCUT2D eigenvalue weighted by Crippen LogP contribution is -2.37. The van der Waals surface area contributed by atoms with Crippen molar-refractivity contribution in [3.8, 4) is 5.75 Å². The Morgan fingerprint density at radius 1 is 1.17 bits per heavy atom. The molecule has 1 saturated heterocycles. The molecule has 30 heavy (non-hydrogen) atoms. The Morgan fingerprint density at radius 2 is 1.83 bits per heavy atom. The van der Waals surface area contributed by atoms with Crippen molar-refractivity contribution in [1.29, 1.82) is 0 Å². The van der Waals surface area contributed by atoms with Crippen molar-refractivity contribution in [3.63, 3.8) is 0 Å². The lowest BCUT2D eigenvalue weighted by atomic mass is 10.0. The number of ether oxygens (including phenoxy) is 1. The smallest absolute Gasteiger partial charge is 0.255 e. The highest BCUT2D eigenvalue weighted by molar-refractivity contribution is 9.10. The molecule has 0 saturated carbocycles. The van der Waals surface area contributed by atoms with E-state index in [1.165, 1.54) is 0 Å². The van der Waals surface area contributed by atoms with E-state index in [1.54, 1.807) is 46.8 Å². The number of hydrogen-bond acceptors (Lipinski definition) is 4. The number of carbonyl (C=O) groups excluding carboxylic acids is 1. The van der Waals surface area contributed by atoms with E-state index in [4.69, 9.17) is 4.74 Å². The van der Waals surface area contributed by atoms with Crippen LogP contribution in [0, 0.1) is 5.92 Å². The number of hydrogen-bond donors (Lipinski definition) is 1. The Morgan fingerprint density at radius 3 is 2.43 bits per heavy atom. The Bertz CT molecular complexity index is 985. The Labute approximate surface area is 186 Å². The first-order valence-corrected chi connectivity index (χ1v) is 12.4. The molecule has 0 atom stereocenters. The molecule has 1 heterocycles. The van der Waals surface area contributed by atoms with Gasteiger partial charge < -0.3 is 10.1 Å². The van der Waals surface area contributed by atoms with Gasteiger partial charge in [-0.3, -0.25) is 4.79 Å². The summed E-state index contributed by atoms with van der Waals surface area (Å²) < 4.78 is 33.5. The number of rotatable bonds is 7. The molecule has 1 N–H and O–H groups in total. The number of carbonyl (C=O) groups is 1. The number of piperidine rings is 1. The van der Waals surface area contributed by atoms with E-state index in [0.717, 1.165) is 19.3 Å². The fourth-order valence-corrected chi connectivity index (χ4v) is 5.22. The lowest BCUT2D eigenvalue weighted by molar-refractivity contribution is 0.102. The predicted molar refractivity (Wildman–Crippen MR) is 121 cm³/mol. The van der Waals surface area contributed by atoms with Crippen LogP contribution < -0.4 is 10.1 Å². The number of halogens is 1. The molecule has 1 aliphatic heterocycles. The summed E-state index contributed by atoms with van der Waals surface area (Å²) >= 11 is 3.43. The van der Waals surface area contributed by atoms with Crippen LogP contribution in [0.5, 0.6) is 5.75 Å². The Balaban J connectivity index is 1.67. The molecule has 162 valence electrons. The quantitative estimate of drug-likeness (QED) is 0.592. The van der Waals surface area contributed by atoms with E-state index in [1.807, 2.05) is 6.92 Å². The van der Waals surface area contributed by atoms with Gasteiger partial charge in [-0.25, -0.2) is 8.42 Å². The highest BCUT2D eigenvalue weighted by atomic mass is 79.9. The van der Waals surface area contributed by atoms with E-state index in [9.17, 15) is 13.2 Å². The topological polar surface area (TPSA) is 75.7 Å². The molecule has 8 heteroatoms. The van der Waals surface area contributed by atoms with Gasteiger partial charge in [0.1, 0.15) is 5.75 Å². The molecule has 1 aliphatic rings. The molecular weight excluding hydrogens is 468 g/mol. The Kier molecular flexibility index (Phi) is 7.55. The molecule has 2 aromatic rings. The molecule has 1 amide bonds. The highest BCUT2D eigenvalue weighted by Gasteiger charge is 2.27. The second-order valence-corrected chi connectivity index (χ2v) is 10.4. The van der Waals surface area contributed by atoms with Gasteiger partial charge in [0.25, 0.3) is 5.91 Å². The average Bonchev–Trinajstić information content (AvgIpc) is 2.73. The summed E-state index contributed by atoms with van der Waals surface area (Å²) in [5.74, 6) is 0.967. The normalized spacial score (nSPS) is 15.7. The summed E-state index contributed by atoms with van der Waals surface area (Å²) in [5.41, 5.74) is 1.01. The van der Waals surface area contributed by atoms with Crippen LogP contribution in [0.15, 0.2) is 51.8 Å². The van der Waals surface area contributed by atoms with Gasteiger partial charge in [-0.05, 0) is 83.6 Å². The molecule has 0 aliphatic carbocycles. The zero-order valence-electron chi connectivity index (χ0n) is 17.2. The minimum absolute atomic E-state index is 0.246. The number of amides is 1. The minimum Gasteiger partial charge on any atom is -0.492 e. The number of nitrogens with zero attached hydrogens (tertiary/aromatic N) is 1. The molecule has 0 bridgehead atoms. The number of anilines is 1. The van der Waals surface area contributed by atoms with Crippen LogP contribution in [-0.2, 0) is 10.0 Å². The molecule has 0 unspecified atom stereocenters. The maximum absolute atomic E-state index is 12.8. The molecule has 1 fully saturated rings. The summed E-state index contributed by atoms with van der Waals surface area (Å²) in [4.78, 5) is 12.8. The number of benzene rings is 2. The maximum atomic E-state index is 12.8. The lowest BCUT2D eigenvalue weighted by Gasteiger charge is -2.29. The summed E-state index contributed by atoms with van der Waals surface area (Å²) in [7, 11) is -3.50. The standard InChI is InChI=1S/C22H27BrN2O4S/c1-3-14-29-21-9-4-17(15-20(21)23)22(26)24-18-5-7-19(8-6-18)30(27,28)25-12-10-16(2)11-13-25/h4-9,15-16H,3,10-14H2,1-2H3,(H,24,26). The zero-order chi connectivity index (χ0) is 21.7. The van der Waals surface area contributed by atoms with Crippen LogP contribution in [0.1, 0.15) is 43.5 Å². The molecule has 0 aromatic heterocycles. The van der Waals surface area contributed by atoms with Gasteiger partial charge in [0.2, 0.25) is 10.0 Å². The average molecular weight is 495 g/mol. The molecule has 2 aromatic carbocycles. The number of sulfonamides is 1. The van der Waals surface area contributed by atoms with E-state index in [-0.39, 0.29) is 10.8 Å². The van der Waals surface area contributed by atoms with Crippen LogP contribution in [0.25, 0.3) is 0 Å². The van der Waals surface area contributed by atoms with Crippen molar-refractivity contribution < 1.29 is 17.9 Å². The summed E-state index contributed by atoms with van der Waals surface area (Å²) in [6.45, 7) is 5.88. The fraction of sp³-hybridized carbons (Fsp3) is 0.409. The van der Waals surface area contributed by atoms with E-state index >= 15 is 0 Å². The van der Waals surface area contributed by atoms with Gasteiger partial charge in [0, 0.05) is 24.3 Å². The zero-order valence-corrected chi connectivity index (χ0v) is 19.6. The summed E-state index contributed by atoms with van der Waals surface area (Å²) in [5, 5.41) is 2.80. The third kappa shape index (κ3) is 5.42. The van der Waals surface area contributed by atoms with Crippen LogP contribution in [-0.4, -0.2) is 38.3 Å². The summed E-state index contributed by atoms with van der Waals surface area (Å²) in [6.07, 6.45) is 2.66. The first kappa shape index (κ1) is 22.8. The van der Waals surface area contributed by atoms with Gasteiger partial charge in [-0.15, -0.1) is 0 Å². The molecule has 3 rings (SSSR count). The SMILES string of the molecule is CCCOc1ccc(C(=O)Nc2ccc(S(=O)(=O)N3CCC(C)CC3)cc2)cc1Br. The van der Waals surface area contributed by atoms with Crippen molar-refractivity contribution in [1.82, 2.24) is 4.31 Å². The maximum Gasteiger partial charge on any atom is 0.255 e. The first-order valence-electron chi connectivity index (χ1n) is 10.1. The molecule has 0 spiro atoms. The van der Waals surface area contributed by atoms with Crippen molar-refractivity contribution in [2.24, 2.45) is 5.92 Å². The van der Waals surface area contributed by atoms with Crippen LogP contribution in [0.4, 0.5) is 5.69 Å². The molecular formula is C22H27BrN2O4S. The van der Waals surface area contributed by atoms with Crippen LogP contribution >= 0.6 is 15.9 Å². The van der Waals surface area contributed by atoms with E-state index in [2.05, 4.69) is 28.2 Å². The monoisotopic (exact) mass is 494 g/mol. The number of nitrogens with one attached hydrogen (secondary N) is 1. The van der Waals surface area contributed by atoms with Gasteiger partial charge in [0.05, 0.1) is 16.0 Å². The van der Waals surface area contributed by atoms with Gasteiger partial charge >= 0.3 is 0 Å². The third-order valence-corrected chi connectivity index (χ3v) is 7.68. The van der Waals surface area contributed by atoms with Crippen molar-refractivity contribution >= 4 is 37.5 Å². The van der Waals surface area contributed by atoms with E-state index < -0.39 is 10.0 Å². The minimum atomic E-state index is -3.50. The third-order valence-electron chi connectivity index (χ3n) is 5.15. The molecule has 0 radical (unpaired) electrons. The second-order valence-electron chi connectivity index (χ2n) is 7.56. The largest absolute Gasteiger partial charge is 0.492 e. The summed E-state index contributed by atoms with van der Waals surface area (Å²) in [6, 6.07) is 11.5. The first-order chi connectivity index (χ1) is 14.3. The van der Waals surface area contributed by atoms with Crippen molar-refractivity contribution in [2.75, 3.05) is 25.0 Å². The fourth-order valence-electron chi connectivity index (χ4n) is 3.26. The van der Waals surface area contributed by atoms with Gasteiger partial charge in [0.15, 0.2) is 0 Å². The van der Waals surface area contributed by atoms with Crippen LogP contribution in [0.3, 0.4) is 0 Å². The van der Waals surface area contributed by atoms with E-state index in [0.29, 0.717) is 47.1 Å². The predicted octanol–water partition coefficient (Wildman–Crippen LogP) is 4.91.